The Labute approximate surface area is 155 Å². The van der Waals surface area contributed by atoms with E-state index in [-0.39, 0.29) is 30.0 Å². The Kier molecular flexibility index (Phi) is 5.62. The number of fused-ring (bicyclic) bond motifs is 1. The lowest BCUT2D eigenvalue weighted by Gasteiger charge is -2.51. The molecule has 3 heterocycles. The molecule has 0 aromatic heterocycles. The van der Waals surface area contributed by atoms with Gasteiger partial charge in [0.15, 0.2) is 0 Å². The molecule has 5 nitrogen and oxygen atoms in total. The van der Waals surface area contributed by atoms with Crippen molar-refractivity contribution in [3.05, 3.63) is 35.9 Å². The third-order valence-electron chi connectivity index (χ3n) is 5.98. The summed E-state index contributed by atoms with van der Waals surface area (Å²) in [7, 11) is 0. The van der Waals surface area contributed by atoms with Crippen LogP contribution in [0.4, 0.5) is 0 Å². The Morgan fingerprint density at radius 2 is 1.92 bits per heavy atom. The monoisotopic (exact) mass is 362 g/mol. The predicted molar refractivity (Wildman–Crippen MR) is 96.9 cm³/mol. The van der Waals surface area contributed by atoms with Crippen LogP contribution in [0.1, 0.15) is 44.6 Å². The molecule has 0 saturated carbocycles. The highest BCUT2D eigenvalue weighted by Crippen LogP contribution is 2.40. The van der Waals surface area contributed by atoms with Crippen molar-refractivity contribution in [2.45, 2.75) is 81.8 Å². The standard InChI is InChI=1S/C21H30O5/c1-21-13-16(22)19(26-18(21)10-6-12-25-21)20-17(9-5-11-23-20)24-14-15-7-3-2-4-8-15/h2-4,7-8,16-20,22H,5-6,9-14H2,1H3/t16-,17-,18-,19-,20-,21+/m0/s1. The van der Waals surface area contributed by atoms with Crippen molar-refractivity contribution in [2.75, 3.05) is 13.2 Å². The fraction of sp³-hybridized carbons (Fsp3) is 0.714. The summed E-state index contributed by atoms with van der Waals surface area (Å²) in [5.74, 6) is 0. The van der Waals surface area contributed by atoms with E-state index in [1.807, 2.05) is 18.2 Å². The van der Waals surface area contributed by atoms with E-state index in [4.69, 9.17) is 18.9 Å². The van der Waals surface area contributed by atoms with Gasteiger partial charge in [0.25, 0.3) is 0 Å². The molecule has 26 heavy (non-hydrogen) atoms. The Balaban J connectivity index is 1.43. The molecule has 0 amide bonds. The van der Waals surface area contributed by atoms with Crippen LogP contribution in [0.15, 0.2) is 30.3 Å². The third kappa shape index (κ3) is 3.82. The molecule has 1 aromatic carbocycles. The molecule has 3 saturated heterocycles. The van der Waals surface area contributed by atoms with E-state index in [0.29, 0.717) is 19.6 Å². The normalized spacial score (nSPS) is 40.8. The summed E-state index contributed by atoms with van der Waals surface area (Å²) < 4.78 is 24.5. The van der Waals surface area contributed by atoms with Crippen molar-refractivity contribution in [1.82, 2.24) is 0 Å². The van der Waals surface area contributed by atoms with E-state index < -0.39 is 6.10 Å². The van der Waals surface area contributed by atoms with Gasteiger partial charge in [-0.2, -0.15) is 0 Å². The molecule has 3 fully saturated rings. The van der Waals surface area contributed by atoms with Crippen LogP contribution in [0.3, 0.4) is 0 Å². The lowest BCUT2D eigenvalue weighted by Crippen LogP contribution is -2.62. The van der Waals surface area contributed by atoms with Crippen LogP contribution in [0.5, 0.6) is 0 Å². The van der Waals surface area contributed by atoms with Gasteiger partial charge in [-0.3, -0.25) is 0 Å². The number of aliphatic hydroxyl groups excluding tert-OH is 1. The lowest BCUT2D eigenvalue weighted by molar-refractivity contribution is -0.281. The Hall–Kier alpha value is -0.980. The molecule has 0 radical (unpaired) electrons. The minimum Gasteiger partial charge on any atom is -0.390 e. The Bertz CT molecular complexity index is 579. The molecular formula is C21H30O5. The van der Waals surface area contributed by atoms with Crippen LogP contribution >= 0.6 is 0 Å². The first-order valence-corrected chi connectivity index (χ1v) is 9.90. The van der Waals surface area contributed by atoms with E-state index in [1.54, 1.807) is 0 Å². The van der Waals surface area contributed by atoms with E-state index in [2.05, 4.69) is 19.1 Å². The van der Waals surface area contributed by atoms with E-state index in [1.165, 1.54) is 0 Å². The van der Waals surface area contributed by atoms with Gasteiger partial charge in [0.2, 0.25) is 0 Å². The smallest absolute Gasteiger partial charge is 0.113 e. The van der Waals surface area contributed by atoms with Crippen LogP contribution in [0.25, 0.3) is 0 Å². The summed E-state index contributed by atoms with van der Waals surface area (Å²) in [5, 5.41) is 10.8. The van der Waals surface area contributed by atoms with Crippen molar-refractivity contribution in [2.24, 2.45) is 0 Å². The number of rotatable bonds is 4. The molecule has 1 N–H and O–H groups in total. The van der Waals surface area contributed by atoms with E-state index in [9.17, 15) is 5.11 Å². The maximum absolute atomic E-state index is 10.8. The molecule has 0 bridgehead atoms. The topological polar surface area (TPSA) is 57.2 Å². The fourth-order valence-corrected chi connectivity index (χ4v) is 4.52. The zero-order chi connectivity index (χ0) is 18.0. The zero-order valence-corrected chi connectivity index (χ0v) is 15.5. The van der Waals surface area contributed by atoms with Gasteiger partial charge in [-0.1, -0.05) is 30.3 Å². The molecule has 4 rings (SSSR count). The van der Waals surface area contributed by atoms with Crippen molar-refractivity contribution in [3.8, 4) is 0 Å². The highest BCUT2D eigenvalue weighted by molar-refractivity contribution is 5.13. The molecule has 0 unspecified atom stereocenters. The van der Waals surface area contributed by atoms with Gasteiger partial charge in [-0.15, -0.1) is 0 Å². The second-order valence-corrected chi connectivity index (χ2v) is 7.98. The van der Waals surface area contributed by atoms with Crippen LogP contribution in [0, 0.1) is 0 Å². The van der Waals surface area contributed by atoms with Crippen molar-refractivity contribution in [3.63, 3.8) is 0 Å². The summed E-state index contributed by atoms with van der Waals surface area (Å²) in [4.78, 5) is 0. The third-order valence-corrected chi connectivity index (χ3v) is 5.98. The van der Waals surface area contributed by atoms with Gasteiger partial charge in [0, 0.05) is 19.6 Å². The quantitative estimate of drug-likeness (QED) is 0.893. The molecule has 5 heteroatoms. The Morgan fingerprint density at radius 1 is 1.12 bits per heavy atom. The summed E-state index contributed by atoms with van der Waals surface area (Å²) in [6.45, 7) is 4.05. The van der Waals surface area contributed by atoms with Crippen molar-refractivity contribution < 1.29 is 24.1 Å². The van der Waals surface area contributed by atoms with Crippen LogP contribution in [-0.2, 0) is 25.6 Å². The van der Waals surface area contributed by atoms with Crippen LogP contribution in [-0.4, -0.2) is 54.4 Å². The first kappa shape index (κ1) is 18.4. The maximum Gasteiger partial charge on any atom is 0.113 e. The van der Waals surface area contributed by atoms with Gasteiger partial charge in [-0.05, 0) is 38.2 Å². The summed E-state index contributed by atoms with van der Waals surface area (Å²) in [6.07, 6.45) is 3.26. The highest BCUT2D eigenvalue weighted by atomic mass is 16.6. The largest absolute Gasteiger partial charge is 0.390 e. The number of hydrogen-bond donors (Lipinski definition) is 1. The van der Waals surface area contributed by atoms with Crippen LogP contribution in [0.2, 0.25) is 0 Å². The van der Waals surface area contributed by atoms with Gasteiger partial charge in [0.1, 0.15) is 12.2 Å². The van der Waals surface area contributed by atoms with E-state index in [0.717, 1.165) is 37.9 Å². The van der Waals surface area contributed by atoms with Crippen molar-refractivity contribution >= 4 is 0 Å². The lowest BCUT2D eigenvalue weighted by atomic mass is 9.80. The minimum absolute atomic E-state index is 0.0185. The fourth-order valence-electron chi connectivity index (χ4n) is 4.52. The first-order valence-electron chi connectivity index (χ1n) is 9.90. The second-order valence-electron chi connectivity index (χ2n) is 7.98. The molecule has 1 aromatic rings. The van der Waals surface area contributed by atoms with Crippen molar-refractivity contribution in [1.29, 1.82) is 0 Å². The van der Waals surface area contributed by atoms with Gasteiger partial charge in [-0.25, -0.2) is 0 Å². The van der Waals surface area contributed by atoms with Gasteiger partial charge in [0.05, 0.1) is 30.5 Å². The first-order chi connectivity index (χ1) is 12.7. The minimum atomic E-state index is -0.597. The zero-order valence-electron chi connectivity index (χ0n) is 15.5. The average Bonchev–Trinajstić information content (AvgIpc) is 2.66. The molecule has 0 spiro atoms. The SMILES string of the molecule is C[C@@]12C[C@H](O)[C@@H]([C@H]3OCCC[C@@H]3OCc3ccccc3)O[C@H]1CCCO2. The average molecular weight is 362 g/mol. The molecule has 3 aliphatic heterocycles. The van der Waals surface area contributed by atoms with E-state index >= 15 is 0 Å². The summed E-state index contributed by atoms with van der Waals surface area (Å²) in [6, 6.07) is 10.2. The van der Waals surface area contributed by atoms with Gasteiger partial charge < -0.3 is 24.1 Å². The molecule has 6 atom stereocenters. The molecule has 0 aliphatic carbocycles. The molecule has 144 valence electrons. The molecular weight excluding hydrogens is 332 g/mol. The maximum atomic E-state index is 10.8. The number of benzene rings is 1. The number of aliphatic hydroxyl groups is 1. The number of hydrogen-bond acceptors (Lipinski definition) is 5. The predicted octanol–water partition coefficient (Wildman–Crippen LogP) is 2.84. The van der Waals surface area contributed by atoms with Crippen LogP contribution < -0.4 is 0 Å². The number of ether oxygens (including phenoxy) is 4. The molecule has 3 aliphatic rings. The second kappa shape index (κ2) is 7.95. The van der Waals surface area contributed by atoms with Gasteiger partial charge >= 0.3 is 0 Å². The highest BCUT2D eigenvalue weighted by Gasteiger charge is 2.51. The summed E-state index contributed by atoms with van der Waals surface area (Å²) >= 11 is 0. The Morgan fingerprint density at radius 3 is 2.77 bits per heavy atom. The summed E-state index contributed by atoms with van der Waals surface area (Å²) in [5.41, 5.74) is 0.763.